The molecule has 2 saturated carbocycles. The van der Waals surface area contributed by atoms with Crippen molar-refractivity contribution >= 4 is 30.6 Å². The second-order valence-corrected chi connectivity index (χ2v) is 13.1. The summed E-state index contributed by atoms with van der Waals surface area (Å²) in [5.41, 5.74) is 1.21. The zero-order valence-corrected chi connectivity index (χ0v) is 19.2. The van der Waals surface area contributed by atoms with E-state index in [0.717, 1.165) is 36.6 Å². The number of aromatic amines is 1. The highest BCUT2D eigenvalue weighted by Gasteiger charge is 2.32. The summed E-state index contributed by atoms with van der Waals surface area (Å²) in [6.45, 7) is 0. The van der Waals surface area contributed by atoms with Crippen molar-refractivity contribution in [1.29, 1.82) is 0 Å². The maximum atomic E-state index is 12.7. The smallest absolute Gasteiger partial charge is 0.173 e. The number of pyridine rings is 1. The number of benzene rings is 1. The van der Waals surface area contributed by atoms with Gasteiger partial charge in [-0.3, -0.25) is 10.1 Å². The normalized spacial score (nSPS) is 17.0. The standard InChI is InChI=1S/C22H25N3O5S2/c26-31(27,11-15-5-6-15)13-19-22(20(25-24-19)14-32(28,29)12-16-7-8-16)30-21-9-10-23-18-4-2-1-3-17(18)21/h1-4,9-10,15-16H,5-8,11-14H2,(H,24,25). The van der Waals surface area contributed by atoms with Gasteiger partial charge in [0, 0.05) is 11.6 Å². The van der Waals surface area contributed by atoms with Crippen molar-refractivity contribution in [2.75, 3.05) is 11.5 Å². The van der Waals surface area contributed by atoms with Gasteiger partial charge in [0.2, 0.25) is 0 Å². The first-order valence-corrected chi connectivity index (χ1v) is 14.4. The Morgan fingerprint density at radius 3 is 2.25 bits per heavy atom. The first kappa shape index (κ1) is 21.4. The van der Waals surface area contributed by atoms with E-state index in [1.54, 1.807) is 12.3 Å². The summed E-state index contributed by atoms with van der Waals surface area (Å²) in [6.07, 6.45) is 5.32. The molecule has 0 unspecified atom stereocenters. The van der Waals surface area contributed by atoms with Gasteiger partial charge in [0.25, 0.3) is 0 Å². The molecule has 0 radical (unpaired) electrons. The van der Waals surface area contributed by atoms with E-state index in [4.69, 9.17) is 4.74 Å². The lowest BCUT2D eigenvalue weighted by atomic mass is 10.2. The molecule has 5 rings (SSSR count). The highest BCUT2D eigenvalue weighted by Crippen LogP contribution is 2.37. The number of para-hydroxylation sites is 1. The molecule has 170 valence electrons. The minimum atomic E-state index is -3.39. The molecule has 10 heteroatoms. The summed E-state index contributed by atoms with van der Waals surface area (Å²) in [5.74, 6) is 0.768. The van der Waals surface area contributed by atoms with E-state index in [9.17, 15) is 16.8 Å². The lowest BCUT2D eigenvalue weighted by Crippen LogP contribution is -2.12. The maximum Gasteiger partial charge on any atom is 0.173 e. The topological polar surface area (TPSA) is 119 Å². The van der Waals surface area contributed by atoms with Crippen LogP contribution in [-0.2, 0) is 31.2 Å². The number of H-pyrrole nitrogens is 1. The third-order valence-electron chi connectivity index (χ3n) is 5.78. The molecule has 0 spiro atoms. The van der Waals surface area contributed by atoms with Gasteiger partial charge < -0.3 is 4.74 Å². The van der Waals surface area contributed by atoms with Crippen LogP contribution < -0.4 is 4.74 Å². The average Bonchev–Trinajstić information content (AvgIpc) is 3.66. The number of hydrogen-bond donors (Lipinski definition) is 1. The summed E-state index contributed by atoms with van der Waals surface area (Å²) in [6, 6.07) is 9.10. The number of nitrogens with one attached hydrogen (secondary N) is 1. The summed E-state index contributed by atoms with van der Waals surface area (Å²) >= 11 is 0. The molecule has 2 fully saturated rings. The third kappa shape index (κ3) is 5.12. The number of ether oxygens (including phenoxy) is 1. The van der Waals surface area contributed by atoms with Crippen LogP contribution in [0.25, 0.3) is 10.9 Å². The molecule has 3 aromatic rings. The fraction of sp³-hybridized carbons (Fsp3) is 0.455. The van der Waals surface area contributed by atoms with Crippen LogP contribution in [0.15, 0.2) is 36.5 Å². The fourth-order valence-electron chi connectivity index (χ4n) is 3.83. The molecule has 2 heterocycles. The number of fused-ring (bicyclic) bond motifs is 1. The Hall–Kier alpha value is -2.46. The van der Waals surface area contributed by atoms with E-state index in [1.807, 2.05) is 24.3 Å². The second-order valence-electron chi connectivity index (χ2n) is 8.90. The van der Waals surface area contributed by atoms with Crippen molar-refractivity contribution in [3.63, 3.8) is 0 Å². The van der Waals surface area contributed by atoms with Gasteiger partial charge in [-0.2, -0.15) is 5.10 Å². The molecule has 2 aliphatic rings. The lowest BCUT2D eigenvalue weighted by molar-refractivity contribution is 0.478. The van der Waals surface area contributed by atoms with E-state index in [0.29, 0.717) is 5.75 Å². The van der Waals surface area contributed by atoms with Crippen molar-refractivity contribution < 1.29 is 21.6 Å². The largest absolute Gasteiger partial charge is 0.453 e. The number of sulfone groups is 2. The molecule has 1 N–H and O–H groups in total. The Kier molecular flexibility index (Phi) is 5.45. The van der Waals surface area contributed by atoms with Crippen LogP contribution in [0, 0.1) is 11.8 Å². The molecule has 1 aromatic carbocycles. The van der Waals surface area contributed by atoms with Gasteiger partial charge >= 0.3 is 0 Å². The molecule has 32 heavy (non-hydrogen) atoms. The van der Waals surface area contributed by atoms with Crippen LogP contribution in [-0.4, -0.2) is 43.5 Å². The number of nitrogens with zero attached hydrogens (tertiary/aromatic N) is 2. The number of hydrogen-bond acceptors (Lipinski definition) is 7. The Morgan fingerprint density at radius 1 is 0.906 bits per heavy atom. The van der Waals surface area contributed by atoms with Crippen molar-refractivity contribution in [2.24, 2.45) is 11.8 Å². The highest BCUT2D eigenvalue weighted by atomic mass is 32.2. The van der Waals surface area contributed by atoms with Gasteiger partial charge in [0.15, 0.2) is 25.4 Å². The van der Waals surface area contributed by atoms with Crippen LogP contribution in [0.2, 0.25) is 0 Å². The van der Waals surface area contributed by atoms with E-state index < -0.39 is 19.7 Å². The SMILES string of the molecule is O=S(=O)(Cc1n[nH]c(CS(=O)(=O)CC2CC2)c1Oc1ccnc2ccccc12)CC1CC1. The van der Waals surface area contributed by atoms with Gasteiger partial charge in [-0.05, 0) is 55.7 Å². The van der Waals surface area contributed by atoms with E-state index in [1.165, 1.54) is 0 Å². The van der Waals surface area contributed by atoms with Gasteiger partial charge in [-0.15, -0.1) is 0 Å². The molecule has 8 nitrogen and oxygen atoms in total. The molecule has 0 saturated heterocycles. The van der Waals surface area contributed by atoms with Crippen molar-refractivity contribution in [3.8, 4) is 11.5 Å². The third-order valence-corrected chi connectivity index (χ3v) is 9.18. The summed E-state index contributed by atoms with van der Waals surface area (Å²) in [5, 5.41) is 7.67. The molecule has 2 aliphatic carbocycles. The predicted molar refractivity (Wildman–Crippen MR) is 121 cm³/mol. The van der Waals surface area contributed by atoms with E-state index in [2.05, 4.69) is 15.2 Å². The quantitative estimate of drug-likeness (QED) is 0.477. The van der Waals surface area contributed by atoms with E-state index >= 15 is 0 Å². The fourth-order valence-corrected chi connectivity index (χ4v) is 7.42. The summed E-state index contributed by atoms with van der Waals surface area (Å²) in [7, 11) is -6.77. The molecule has 0 bridgehead atoms. The molecular weight excluding hydrogens is 450 g/mol. The molecule has 0 atom stereocenters. The second kappa shape index (κ2) is 8.15. The Bertz CT molecular complexity index is 1290. The Balaban J connectivity index is 1.50. The maximum absolute atomic E-state index is 12.7. The molecule has 0 aliphatic heterocycles. The number of rotatable bonds is 10. The predicted octanol–water partition coefficient (Wildman–Crippen LogP) is 3.40. The van der Waals surface area contributed by atoms with Gasteiger partial charge in [-0.1, -0.05) is 12.1 Å². The Morgan fingerprint density at radius 2 is 1.56 bits per heavy atom. The van der Waals surface area contributed by atoms with Gasteiger partial charge in [-0.25, -0.2) is 16.8 Å². The summed E-state index contributed by atoms with van der Waals surface area (Å²) < 4.78 is 56.9. The summed E-state index contributed by atoms with van der Waals surface area (Å²) in [4.78, 5) is 4.32. The van der Waals surface area contributed by atoms with Crippen LogP contribution >= 0.6 is 0 Å². The monoisotopic (exact) mass is 475 g/mol. The van der Waals surface area contributed by atoms with Crippen LogP contribution in [0.4, 0.5) is 0 Å². The molecular formula is C22H25N3O5S2. The van der Waals surface area contributed by atoms with Gasteiger partial charge in [0.1, 0.15) is 11.4 Å². The van der Waals surface area contributed by atoms with E-state index in [-0.39, 0.29) is 52.0 Å². The Labute approximate surface area is 187 Å². The van der Waals surface area contributed by atoms with Crippen molar-refractivity contribution in [3.05, 3.63) is 47.9 Å². The first-order valence-electron chi connectivity index (χ1n) is 10.8. The molecule has 2 aromatic heterocycles. The minimum Gasteiger partial charge on any atom is -0.453 e. The first-order chi connectivity index (χ1) is 15.3. The van der Waals surface area contributed by atoms with Gasteiger partial charge in [0.05, 0.1) is 34.2 Å². The minimum absolute atomic E-state index is 0.118. The van der Waals surface area contributed by atoms with Crippen molar-refractivity contribution in [2.45, 2.75) is 37.2 Å². The average molecular weight is 476 g/mol. The van der Waals surface area contributed by atoms with Crippen LogP contribution in [0.3, 0.4) is 0 Å². The van der Waals surface area contributed by atoms with Crippen LogP contribution in [0.1, 0.15) is 37.1 Å². The number of aromatic nitrogens is 3. The zero-order valence-electron chi connectivity index (χ0n) is 17.5. The van der Waals surface area contributed by atoms with Crippen molar-refractivity contribution in [1.82, 2.24) is 15.2 Å². The van der Waals surface area contributed by atoms with Crippen LogP contribution in [0.5, 0.6) is 11.5 Å². The zero-order chi connectivity index (χ0) is 22.3. The highest BCUT2D eigenvalue weighted by molar-refractivity contribution is 7.90. The lowest BCUT2D eigenvalue weighted by Gasteiger charge is -2.11. The molecule has 0 amide bonds.